The molecule has 0 saturated carbocycles. The van der Waals surface area contributed by atoms with E-state index in [9.17, 15) is 0 Å². The normalized spacial score (nSPS) is 11.9. The Balaban J connectivity index is 2.22. The van der Waals surface area contributed by atoms with E-state index in [0.29, 0.717) is 5.22 Å². The van der Waals surface area contributed by atoms with Gasteiger partial charge in [-0.25, -0.2) is 4.98 Å². The van der Waals surface area contributed by atoms with Gasteiger partial charge in [-0.2, -0.15) is 0 Å². The van der Waals surface area contributed by atoms with E-state index >= 15 is 0 Å². The predicted molar refractivity (Wildman–Crippen MR) is 90.8 cm³/mol. The van der Waals surface area contributed by atoms with Gasteiger partial charge in [-0.3, -0.25) is 0 Å². The molecule has 0 unspecified atom stereocenters. The maximum absolute atomic E-state index is 5.67. The summed E-state index contributed by atoms with van der Waals surface area (Å²) >= 11 is 5.10. The van der Waals surface area contributed by atoms with Crippen LogP contribution in [0.1, 0.15) is 37.8 Å². The van der Waals surface area contributed by atoms with Crippen molar-refractivity contribution in [2.24, 2.45) is 0 Å². The molecule has 114 valence electrons. The molecule has 1 N–H and O–H groups in total. The van der Waals surface area contributed by atoms with Crippen LogP contribution in [0.4, 0.5) is 0 Å². The summed E-state index contributed by atoms with van der Waals surface area (Å²) in [5.74, 6) is 0.877. The zero-order valence-electron chi connectivity index (χ0n) is 13.1. The van der Waals surface area contributed by atoms with Crippen molar-refractivity contribution in [2.75, 3.05) is 0 Å². The summed E-state index contributed by atoms with van der Waals surface area (Å²) in [6, 6.07) is 6.31. The number of nitrogens with zero attached hydrogens (tertiary/aromatic N) is 1. The summed E-state index contributed by atoms with van der Waals surface area (Å²) < 4.78 is 6.73. The highest BCUT2D eigenvalue weighted by atomic mass is 79.9. The van der Waals surface area contributed by atoms with Crippen molar-refractivity contribution in [2.45, 2.75) is 56.8 Å². The monoisotopic (exact) mass is 368 g/mol. The first-order chi connectivity index (χ1) is 9.74. The topological polar surface area (TPSA) is 38.1 Å². The Hall–Kier alpha value is -0.780. The van der Waals surface area contributed by atoms with Gasteiger partial charge in [0.2, 0.25) is 0 Å². The highest BCUT2D eigenvalue weighted by Gasteiger charge is 2.14. The molecule has 0 saturated heterocycles. The van der Waals surface area contributed by atoms with Gasteiger partial charge in [0, 0.05) is 21.5 Å². The molecule has 21 heavy (non-hydrogen) atoms. The van der Waals surface area contributed by atoms with Crippen LogP contribution in [-0.4, -0.2) is 10.5 Å². The first-order valence-electron chi connectivity index (χ1n) is 6.90. The number of aryl methyl sites for hydroxylation is 2. The minimum absolute atomic E-state index is 0.0884. The summed E-state index contributed by atoms with van der Waals surface area (Å²) in [6.45, 7) is 11.2. The summed E-state index contributed by atoms with van der Waals surface area (Å²) in [5, 5.41) is 4.22. The molecule has 5 heteroatoms. The fourth-order valence-corrected chi connectivity index (χ4v) is 3.22. The molecule has 0 radical (unpaired) electrons. The summed E-state index contributed by atoms with van der Waals surface area (Å²) in [6.07, 6.45) is 0. The molecule has 0 aliphatic heterocycles. The van der Waals surface area contributed by atoms with Gasteiger partial charge in [0.15, 0.2) is 0 Å². The quantitative estimate of drug-likeness (QED) is 0.814. The lowest BCUT2D eigenvalue weighted by Gasteiger charge is -2.21. The second-order valence-electron chi connectivity index (χ2n) is 6.08. The molecule has 1 aromatic carbocycles. The number of hydrogen-bond donors (Lipinski definition) is 1. The maximum atomic E-state index is 5.67. The van der Waals surface area contributed by atoms with Crippen LogP contribution in [0.15, 0.2) is 37.2 Å². The van der Waals surface area contributed by atoms with Gasteiger partial charge in [-0.15, -0.1) is 0 Å². The van der Waals surface area contributed by atoms with E-state index < -0.39 is 0 Å². The molecular formula is C16H21BrN2OS. The number of halogens is 1. The average molecular weight is 369 g/mol. The number of aromatic nitrogens is 1. The zero-order valence-corrected chi connectivity index (χ0v) is 15.5. The number of rotatable bonds is 4. The smallest absolute Gasteiger partial charge is 0.261 e. The van der Waals surface area contributed by atoms with E-state index in [-0.39, 0.29) is 5.54 Å². The van der Waals surface area contributed by atoms with Crippen LogP contribution in [0.2, 0.25) is 0 Å². The lowest BCUT2D eigenvalue weighted by Crippen LogP contribution is -2.35. The van der Waals surface area contributed by atoms with Crippen LogP contribution in [0, 0.1) is 13.8 Å². The second kappa shape index (κ2) is 6.55. The van der Waals surface area contributed by atoms with E-state index in [1.165, 1.54) is 5.56 Å². The highest BCUT2D eigenvalue weighted by molar-refractivity contribution is 9.10. The molecule has 3 nitrogen and oxygen atoms in total. The molecule has 1 aromatic heterocycles. The molecule has 0 bridgehead atoms. The van der Waals surface area contributed by atoms with Crippen molar-refractivity contribution < 1.29 is 4.42 Å². The fourth-order valence-electron chi connectivity index (χ4n) is 1.71. The van der Waals surface area contributed by atoms with Gasteiger partial charge in [0.25, 0.3) is 5.22 Å². The Labute approximate surface area is 139 Å². The molecule has 2 aromatic rings. The van der Waals surface area contributed by atoms with Gasteiger partial charge in [-0.1, -0.05) is 22.0 Å². The van der Waals surface area contributed by atoms with E-state index in [2.05, 4.69) is 65.2 Å². The molecule has 1 heterocycles. The van der Waals surface area contributed by atoms with Gasteiger partial charge >= 0.3 is 0 Å². The first-order valence-corrected chi connectivity index (χ1v) is 8.51. The number of benzene rings is 1. The number of oxazole rings is 1. The van der Waals surface area contributed by atoms with E-state index in [0.717, 1.165) is 27.4 Å². The summed E-state index contributed by atoms with van der Waals surface area (Å²) in [5.41, 5.74) is 2.28. The standard InChI is InChI=1S/C16H21BrN2OS/c1-10-11(2)20-15(19-10)21-14-8-13(17)7-6-12(14)9-18-16(3,4)5/h6-8,18H,9H2,1-5H3. The summed E-state index contributed by atoms with van der Waals surface area (Å²) in [7, 11) is 0. The third-order valence-electron chi connectivity index (χ3n) is 3.04. The predicted octanol–water partition coefficient (Wildman–Crippen LogP) is 5.09. The second-order valence-corrected chi connectivity index (χ2v) is 7.99. The Morgan fingerprint density at radius 2 is 2.00 bits per heavy atom. The Bertz CT molecular complexity index is 612. The molecule has 0 aliphatic rings. The van der Waals surface area contributed by atoms with Crippen LogP contribution in [0.25, 0.3) is 0 Å². The molecule has 0 aliphatic carbocycles. The Morgan fingerprint density at radius 3 is 2.57 bits per heavy atom. The largest absolute Gasteiger partial charge is 0.436 e. The van der Waals surface area contributed by atoms with Crippen molar-refractivity contribution >= 4 is 27.7 Å². The molecule has 0 fully saturated rings. The molecule has 2 rings (SSSR count). The van der Waals surface area contributed by atoms with E-state index in [1.54, 1.807) is 11.8 Å². The van der Waals surface area contributed by atoms with Crippen molar-refractivity contribution in [3.63, 3.8) is 0 Å². The molecule has 0 spiro atoms. The highest BCUT2D eigenvalue weighted by Crippen LogP contribution is 2.33. The lowest BCUT2D eigenvalue weighted by molar-refractivity contribution is 0.422. The van der Waals surface area contributed by atoms with Gasteiger partial charge in [0.1, 0.15) is 5.76 Å². The van der Waals surface area contributed by atoms with E-state index in [1.807, 2.05) is 13.8 Å². The first kappa shape index (κ1) is 16.6. The summed E-state index contributed by atoms with van der Waals surface area (Å²) in [4.78, 5) is 5.60. The molecular weight excluding hydrogens is 348 g/mol. The van der Waals surface area contributed by atoms with Gasteiger partial charge < -0.3 is 9.73 Å². The SMILES string of the molecule is Cc1nc(Sc2cc(Br)ccc2CNC(C)(C)C)oc1C. The Kier molecular flexibility index (Phi) is 5.17. The van der Waals surface area contributed by atoms with Crippen molar-refractivity contribution in [3.05, 3.63) is 39.7 Å². The van der Waals surface area contributed by atoms with Crippen molar-refractivity contribution in [1.29, 1.82) is 0 Å². The van der Waals surface area contributed by atoms with Crippen LogP contribution in [0.5, 0.6) is 0 Å². The van der Waals surface area contributed by atoms with Crippen LogP contribution >= 0.6 is 27.7 Å². The minimum atomic E-state index is 0.0884. The van der Waals surface area contributed by atoms with Crippen molar-refractivity contribution in [3.8, 4) is 0 Å². The van der Waals surface area contributed by atoms with Gasteiger partial charge in [0.05, 0.1) is 5.69 Å². The van der Waals surface area contributed by atoms with E-state index in [4.69, 9.17) is 4.42 Å². The zero-order chi connectivity index (χ0) is 15.6. The van der Waals surface area contributed by atoms with Gasteiger partial charge in [-0.05, 0) is 64.1 Å². The van der Waals surface area contributed by atoms with Crippen LogP contribution in [0.3, 0.4) is 0 Å². The fraction of sp³-hybridized carbons (Fsp3) is 0.438. The van der Waals surface area contributed by atoms with Crippen LogP contribution < -0.4 is 5.32 Å². The number of nitrogens with one attached hydrogen (secondary N) is 1. The van der Waals surface area contributed by atoms with Crippen LogP contribution in [-0.2, 0) is 6.54 Å². The molecule has 0 atom stereocenters. The average Bonchev–Trinajstić information content (AvgIpc) is 2.66. The maximum Gasteiger partial charge on any atom is 0.261 e. The third-order valence-corrected chi connectivity index (χ3v) is 4.49. The minimum Gasteiger partial charge on any atom is -0.436 e. The Morgan fingerprint density at radius 1 is 1.29 bits per heavy atom. The number of hydrogen-bond acceptors (Lipinski definition) is 4. The lowest BCUT2D eigenvalue weighted by atomic mass is 10.1. The third kappa shape index (κ3) is 4.87. The molecule has 0 amide bonds. The van der Waals surface area contributed by atoms with Crippen molar-refractivity contribution in [1.82, 2.24) is 10.3 Å².